The van der Waals surface area contributed by atoms with Crippen molar-refractivity contribution < 1.29 is 28.2 Å². The number of hydrogen-bond acceptors (Lipinski definition) is 7. The summed E-state index contributed by atoms with van der Waals surface area (Å²) in [6.45, 7) is 6.46. The topological polar surface area (TPSA) is 104 Å². The molecule has 0 saturated carbocycles. The number of amides is 1. The van der Waals surface area contributed by atoms with Gasteiger partial charge >= 0.3 is 11.9 Å². The Morgan fingerprint density at radius 3 is 2.32 bits per heavy atom. The fourth-order valence-electron chi connectivity index (χ4n) is 4.42. The van der Waals surface area contributed by atoms with Crippen LogP contribution in [0.1, 0.15) is 50.5 Å². The van der Waals surface area contributed by atoms with Gasteiger partial charge in [0.25, 0.3) is 0 Å². The fraction of sp³-hybridized carbons (Fsp3) is 0.147. The Labute approximate surface area is 259 Å². The number of ether oxygens (including phenoxy) is 3. The third-order valence-corrected chi connectivity index (χ3v) is 6.81. The van der Waals surface area contributed by atoms with E-state index in [2.05, 4.69) is 41.1 Å². The molecule has 2 heterocycles. The van der Waals surface area contributed by atoms with Gasteiger partial charge in [-0.15, -0.1) is 0 Å². The van der Waals surface area contributed by atoms with Crippen LogP contribution >= 0.6 is 11.6 Å². The molecule has 0 aliphatic rings. The van der Waals surface area contributed by atoms with Crippen LogP contribution in [0.5, 0.6) is 17.2 Å². The van der Waals surface area contributed by atoms with Gasteiger partial charge in [0.15, 0.2) is 17.3 Å². The molecule has 1 amide bonds. The van der Waals surface area contributed by atoms with Crippen molar-refractivity contribution in [3.8, 4) is 22.9 Å². The summed E-state index contributed by atoms with van der Waals surface area (Å²) in [6, 6.07) is 26.5. The molecule has 0 unspecified atom stereocenters. The second-order valence-corrected chi connectivity index (χ2v) is 10.2. The molecule has 0 aliphatic carbocycles. The molecule has 0 saturated heterocycles. The van der Waals surface area contributed by atoms with Crippen molar-refractivity contribution in [1.29, 1.82) is 0 Å². The summed E-state index contributed by atoms with van der Waals surface area (Å²) in [5.41, 5.74) is 6.77. The molecule has 0 radical (unpaired) electrons. The van der Waals surface area contributed by atoms with Crippen LogP contribution in [0.3, 0.4) is 0 Å². The van der Waals surface area contributed by atoms with Crippen LogP contribution in [0.2, 0.25) is 5.02 Å². The average Bonchev–Trinajstić information content (AvgIpc) is 3.64. The van der Waals surface area contributed by atoms with Crippen LogP contribution in [0.25, 0.3) is 5.69 Å². The molecule has 1 N–H and O–H groups in total. The number of nitrogens with zero attached hydrogens (tertiary/aromatic N) is 2. The van der Waals surface area contributed by atoms with Gasteiger partial charge in [0, 0.05) is 22.1 Å². The van der Waals surface area contributed by atoms with Gasteiger partial charge in [-0.05, 0) is 117 Å². The summed E-state index contributed by atoms with van der Waals surface area (Å²) in [6.07, 6.45) is 1.44. The summed E-state index contributed by atoms with van der Waals surface area (Å²) in [5.74, 6) is 0.800. The standard InChI is InChI=1S/C34H30ClN3O6/c1-4-41-32-19-24(7-17-30(32)44-34(40)25-8-10-26(35)11-9-25)20-36-37-33(39)31-18-16-29(43-31)21-42-28-14-12-27(13-15-28)38-22(2)5-6-23(38)3/h5-20H,4,21H2,1-3H3,(H,37,39)/b36-20+. The lowest BCUT2D eigenvalue weighted by atomic mass is 10.2. The number of carbonyl (C=O) groups excluding carboxylic acids is 2. The Morgan fingerprint density at radius 2 is 1.61 bits per heavy atom. The summed E-state index contributed by atoms with van der Waals surface area (Å²) in [5, 5.41) is 4.53. The van der Waals surface area contributed by atoms with Crippen molar-refractivity contribution in [2.45, 2.75) is 27.4 Å². The third-order valence-electron chi connectivity index (χ3n) is 6.56. The second-order valence-electron chi connectivity index (χ2n) is 9.73. The van der Waals surface area contributed by atoms with E-state index >= 15 is 0 Å². The van der Waals surface area contributed by atoms with Gasteiger partial charge in [0.05, 0.1) is 18.4 Å². The molecular formula is C34H30ClN3O6. The van der Waals surface area contributed by atoms with Crippen LogP contribution in [0.15, 0.2) is 101 Å². The van der Waals surface area contributed by atoms with Gasteiger partial charge in [-0.3, -0.25) is 4.79 Å². The number of furan rings is 1. The zero-order chi connectivity index (χ0) is 31.1. The minimum absolute atomic E-state index is 0.0918. The number of hydrazone groups is 1. The molecule has 10 heteroatoms. The van der Waals surface area contributed by atoms with Crippen LogP contribution in [-0.4, -0.2) is 29.3 Å². The first-order valence-electron chi connectivity index (χ1n) is 13.9. The van der Waals surface area contributed by atoms with E-state index in [-0.39, 0.29) is 18.1 Å². The molecule has 0 bridgehead atoms. The predicted octanol–water partition coefficient (Wildman–Crippen LogP) is 7.30. The zero-order valence-corrected chi connectivity index (χ0v) is 25.1. The van der Waals surface area contributed by atoms with E-state index in [1.54, 1.807) is 54.6 Å². The first-order chi connectivity index (χ1) is 21.3. The summed E-state index contributed by atoms with van der Waals surface area (Å²) < 4.78 is 24.8. The van der Waals surface area contributed by atoms with Crippen LogP contribution in [0, 0.1) is 13.8 Å². The number of nitrogens with one attached hydrogen (secondary N) is 1. The van der Waals surface area contributed by atoms with Crippen molar-refractivity contribution in [2.75, 3.05) is 6.61 Å². The SMILES string of the molecule is CCOc1cc(/C=N/NC(=O)c2ccc(COc3ccc(-n4c(C)ccc4C)cc3)o2)ccc1OC(=O)c1ccc(Cl)cc1. The smallest absolute Gasteiger partial charge is 0.343 e. The van der Waals surface area contributed by atoms with E-state index in [0.29, 0.717) is 40.0 Å². The highest BCUT2D eigenvalue weighted by atomic mass is 35.5. The number of aromatic nitrogens is 1. The van der Waals surface area contributed by atoms with E-state index in [4.69, 9.17) is 30.2 Å². The molecule has 0 aliphatic heterocycles. The highest BCUT2D eigenvalue weighted by molar-refractivity contribution is 6.30. The first-order valence-corrected chi connectivity index (χ1v) is 14.2. The van der Waals surface area contributed by atoms with Gasteiger partial charge < -0.3 is 23.2 Å². The van der Waals surface area contributed by atoms with Crippen molar-refractivity contribution in [1.82, 2.24) is 9.99 Å². The van der Waals surface area contributed by atoms with Gasteiger partial charge in [0.2, 0.25) is 0 Å². The Kier molecular flexibility index (Phi) is 9.46. The van der Waals surface area contributed by atoms with Crippen LogP contribution < -0.4 is 19.6 Å². The maximum atomic E-state index is 12.6. The van der Waals surface area contributed by atoms with Crippen molar-refractivity contribution in [3.63, 3.8) is 0 Å². The zero-order valence-electron chi connectivity index (χ0n) is 24.4. The maximum Gasteiger partial charge on any atom is 0.343 e. The lowest BCUT2D eigenvalue weighted by Crippen LogP contribution is -2.16. The number of hydrogen-bond donors (Lipinski definition) is 1. The number of halogens is 1. The molecule has 0 fully saturated rings. The summed E-state index contributed by atoms with van der Waals surface area (Å²) in [4.78, 5) is 25.1. The van der Waals surface area contributed by atoms with Crippen LogP contribution in [-0.2, 0) is 6.61 Å². The largest absolute Gasteiger partial charge is 0.490 e. The first kappa shape index (κ1) is 30.2. The minimum Gasteiger partial charge on any atom is -0.490 e. The van der Waals surface area contributed by atoms with E-state index in [0.717, 1.165) is 17.1 Å². The fourth-order valence-corrected chi connectivity index (χ4v) is 4.55. The quantitative estimate of drug-likeness (QED) is 0.0727. The number of esters is 1. The molecule has 0 spiro atoms. The Morgan fingerprint density at radius 1 is 0.886 bits per heavy atom. The predicted molar refractivity (Wildman–Crippen MR) is 167 cm³/mol. The Balaban J connectivity index is 1.15. The lowest BCUT2D eigenvalue weighted by molar-refractivity contribution is 0.0728. The Bertz CT molecular complexity index is 1770. The van der Waals surface area contributed by atoms with Crippen LogP contribution in [0.4, 0.5) is 0 Å². The highest BCUT2D eigenvalue weighted by Crippen LogP contribution is 2.29. The molecule has 3 aromatic carbocycles. The molecule has 0 atom stereocenters. The van der Waals surface area contributed by atoms with Crippen molar-refractivity contribution in [3.05, 3.63) is 130 Å². The van der Waals surface area contributed by atoms with Gasteiger partial charge in [-0.1, -0.05) is 11.6 Å². The summed E-state index contributed by atoms with van der Waals surface area (Å²) >= 11 is 5.89. The van der Waals surface area contributed by atoms with E-state index < -0.39 is 11.9 Å². The van der Waals surface area contributed by atoms with E-state index in [9.17, 15) is 9.59 Å². The highest BCUT2D eigenvalue weighted by Gasteiger charge is 2.14. The van der Waals surface area contributed by atoms with E-state index in [1.807, 2.05) is 31.2 Å². The van der Waals surface area contributed by atoms with Gasteiger partial charge in [0.1, 0.15) is 18.1 Å². The number of carbonyl (C=O) groups is 2. The third kappa shape index (κ3) is 7.37. The monoisotopic (exact) mass is 611 g/mol. The molecule has 5 rings (SSSR count). The van der Waals surface area contributed by atoms with Crippen molar-refractivity contribution in [2.24, 2.45) is 5.10 Å². The normalized spacial score (nSPS) is 11.0. The molecule has 2 aromatic heterocycles. The molecule has 224 valence electrons. The number of benzene rings is 3. The lowest BCUT2D eigenvalue weighted by Gasteiger charge is -2.11. The number of aryl methyl sites for hydroxylation is 2. The molecular weight excluding hydrogens is 582 g/mol. The number of rotatable bonds is 11. The van der Waals surface area contributed by atoms with E-state index in [1.165, 1.54) is 6.21 Å². The summed E-state index contributed by atoms with van der Waals surface area (Å²) in [7, 11) is 0. The second kappa shape index (κ2) is 13.8. The Hall–Kier alpha value is -5.28. The molecule has 44 heavy (non-hydrogen) atoms. The van der Waals surface area contributed by atoms with Crippen molar-refractivity contribution >= 4 is 29.7 Å². The van der Waals surface area contributed by atoms with Gasteiger partial charge in [-0.25, -0.2) is 10.2 Å². The van der Waals surface area contributed by atoms with Gasteiger partial charge in [-0.2, -0.15) is 5.10 Å². The minimum atomic E-state index is -0.546. The average molecular weight is 612 g/mol. The maximum absolute atomic E-state index is 12.6. The molecule has 9 nitrogen and oxygen atoms in total. The molecule has 5 aromatic rings.